The molecule has 0 aliphatic rings. The minimum absolute atomic E-state index is 0.302. The van der Waals surface area contributed by atoms with Crippen molar-refractivity contribution in [1.29, 1.82) is 0 Å². The van der Waals surface area contributed by atoms with E-state index in [4.69, 9.17) is 9.47 Å². The van der Waals surface area contributed by atoms with Crippen molar-refractivity contribution < 1.29 is 19.1 Å². The SMILES string of the molecule is COc1ccc2cc([C@H](C)C(=O)OCC(=O)NCc3ccc(N(C)C)cc3)ccc2c1. The summed E-state index contributed by atoms with van der Waals surface area (Å²) in [6, 6.07) is 19.5. The summed E-state index contributed by atoms with van der Waals surface area (Å²) in [6.45, 7) is 1.86. The van der Waals surface area contributed by atoms with E-state index in [-0.39, 0.29) is 12.5 Å². The van der Waals surface area contributed by atoms with Crippen molar-refractivity contribution in [3.63, 3.8) is 0 Å². The molecule has 1 amide bonds. The Morgan fingerprint density at radius 1 is 0.968 bits per heavy atom. The van der Waals surface area contributed by atoms with Crippen molar-refractivity contribution in [2.75, 3.05) is 32.7 Å². The maximum Gasteiger partial charge on any atom is 0.313 e. The van der Waals surface area contributed by atoms with E-state index in [2.05, 4.69) is 5.32 Å². The minimum Gasteiger partial charge on any atom is -0.497 e. The molecule has 162 valence electrons. The van der Waals surface area contributed by atoms with E-state index >= 15 is 0 Å². The number of fused-ring (bicyclic) bond motifs is 1. The van der Waals surface area contributed by atoms with Crippen LogP contribution in [0.25, 0.3) is 10.8 Å². The largest absolute Gasteiger partial charge is 0.497 e. The molecular weight excluding hydrogens is 392 g/mol. The van der Waals surface area contributed by atoms with Gasteiger partial charge in [0.2, 0.25) is 0 Å². The molecule has 0 radical (unpaired) electrons. The van der Waals surface area contributed by atoms with Crippen LogP contribution >= 0.6 is 0 Å². The molecule has 0 bridgehead atoms. The van der Waals surface area contributed by atoms with Gasteiger partial charge >= 0.3 is 5.97 Å². The zero-order valence-corrected chi connectivity index (χ0v) is 18.3. The number of nitrogens with one attached hydrogen (secondary N) is 1. The summed E-state index contributed by atoms with van der Waals surface area (Å²) in [5, 5.41) is 4.81. The summed E-state index contributed by atoms with van der Waals surface area (Å²) >= 11 is 0. The second kappa shape index (κ2) is 9.98. The highest BCUT2D eigenvalue weighted by Crippen LogP contribution is 2.25. The molecule has 3 aromatic rings. The van der Waals surface area contributed by atoms with Crippen molar-refractivity contribution in [2.24, 2.45) is 0 Å². The topological polar surface area (TPSA) is 67.9 Å². The monoisotopic (exact) mass is 420 g/mol. The third kappa shape index (κ3) is 5.75. The molecular formula is C25H28N2O4. The molecule has 3 aromatic carbocycles. The number of amides is 1. The van der Waals surface area contributed by atoms with Crippen LogP contribution in [0.5, 0.6) is 5.75 Å². The van der Waals surface area contributed by atoms with Crippen LogP contribution in [0.1, 0.15) is 24.0 Å². The summed E-state index contributed by atoms with van der Waals surface area (Å²) in [5.41, 5.74) is 2.90. The lowest BCUT2D eigenvalue weighted by molar-refractivity contribution is -0.149. The van der Waals surface area contributed by atoms with Gasteiger partial charge in [-0.05, 0) is 53.1 Å². The van der Waals surface area contributed by atoms with Crippen LogP contribution in [0.4, 0.5) is 5.69 Å². The quantitative estimate of drug-likeness (QED) is 0.560. The van der Waals surface area contributed by atoms with Crippen LogP contribution in [0.2, 0.25) is 0 Å². The number of esters is 1. The van der Waals surface area contributed by atoms with Gasteiger partial charge in [0.1, 0.15) is 5.75 Å². The highest BCUT2D eigenvalue weighted by Gasteiger charge is 2.18. The Balaban J connectivity index is 1.51. The Kier molecular flexibility index (Phi) is 7.13. The second-order valence-corrected chi connectivity index (χ2v) is 7.64. The number of rotatable bonds is 8. The Labute approximate surface area is 182 Å². The van der Waals surface area contributed by atoms with E-state index in [1.807, 2.05) is 79.7 Å². The van der Waals surface area contributed by atoms with Crippen LogP contribution < -0.4 is 15.0 Å². The molecule has 0 spiro atoms. The molecule has 3 rings (SSSR count). The molecule has 0 aliphatic heterocycles. The zero-order chi connectivity index (χ0) is 22.4. The van der Waals surface area contributed by atoms with E-state index in [1.54, 1.807) is 14.0 Å². The van der Waals surface area contributed by atoms with Gasteiger partial charge in [-0.25, -0.2) is 0 Å². The molecule has 0 aliphatic carbocycles. The van der Waals surface area contributed by atoms with Gasteiger partial charge in [0.25, 0.3) is 5.91 Å². The molecule has 0 unspecified atom stereocenters. The van der Waals surface area contributed by atoms with Gasteiger partial charge < -0.3 is 19.7 Å². The number of benzene rings is 3. The molecule has 1 N–H and O–H groups in total. The molecule has 0 fully saturated rings. The normalized spacial score (nSPS) is 11.6. The van der Waals surface area contributed by atoms with E-state index < -0.39 is 11.9 Å². The number of hydrogen-bond acceptors (Lipinski definition) is 5. The third-order valence-electron chi connectivity index (χ3n) is 5.21. The van der Waals surface area contributed by atoms with Gasteiger partial charge in [-0.15, -0.1) is 0 Å². The first-order valence-electron chi connectivity index (χ1n) is 10.1. The molecule has 0 aromatic heterocycles. The zero-order valence-electron chi connectivity index (χ0n) is 18.3. The predicted molar refractivity (Wildman–Crippen MR) is 122 cm³/mol. The maximum atomic E-state index is 12.4. The Hall–Kier alpha value is -3.54. The van der Waals surface area contributed by atoms with Crippen LogP contribution in [-0.2, 0) is 20.9 Å². The minimum atomic E-state index is -0.474. The molecule has 0 heterocycles. The lowest BCUT2D eigenvalue weighted by Crippen LogP contribution is -2.29. The average molecular weight is 421 g/mol. The number of carbonyl (C=O) groups excluding carboxylic acids is 2. The van der Waals surface area contributed by atoms with E-state index in [0.717, 1.165) is 33.3 Å². The van der Waals surface area contributed by atoms with E-state index in [0.29, 0.717) is 6.54 Å². The van der Waals surface area contributed by atoms with Gasteiger partial charge in [-0.3, -0.25) is 9.59 Å². The summed E-state index contributed by atoms with van der Waals surface area (Å²) in [4.78, 5) is 26.5. The van der Waals surface area contributed by atoms with E-state index in [1.165, 1.54) is 0 Å². The Morgan fingerprint density at radius 2 is 1.65 bits per heavy atom. The molecule has 0 saturated heterocycles. The van der Waals surface area contributed by atoms with Gasteiger partial charge in [0, 0.05) is 26.3 Å². The molecule has 1 atom stereocenters. The molecule has 6 nitrogen and oxygen atoms in total. The van der Waals surface area contributed by atoms with Crippen LogP contribution in [-0.4, -0.2) is 39.7 Å². The number of ether oxygens (including phenoxy) is 2. The van der Waals surface area contributed by atoms with Crippen molar-refractivity contribution >= 4 is 28.3 Å². The molecule has 6 heteroatoms. The number of nitrogens with zero attached hydrogens (tertiary/aromatic N) is 1. The molecule has 0 saturated carbocycles. The average Bonchev–Trinajstić information content (AvgIpc) is 2.80. The number of anilines is 1. The first-order valence-corrected chi connectivity index (χ1v) is 10.1. The number of methoxy groups -OCH3 is 1. The summed E-state index contributed by atoms with van der Waals surface area (Å²) in [5.74, 6) is -0.452. The maximum absolute atomic E-state index is 12.4. The van der Waals surface area contributed by atoms with Gasteiger partial charge in [0.05, 0.1) is 13.0 Å². The first kappa shape index (κ1) is 22.2. The van der Waals surface area contributed by atoms with Crippen molar-refractivity contribution in [2.45, 2.75) is 19.4 Å². The second-order valence-electron chi connectivity index (χ2n) is 7.64. The van der Waals surface area contributed by atoms with Gasteiger partial charge in [-0.1, -0.05) is 36.4 Å². The van der Waals surface area contributed by atoms with Crippen LogP contribution in [0.3, 0.4) is 0 Å². The summed E-state index contributed by atoms with van der Waals surface area (Å²) in [7, 11) is 5.58. The Bertz CT molecular complexity index is 1060. The summed E-state index contributed by atoms with van der Waals surface area (Å²) in [6.07, 6.45) is 0. The predicted octanol–water partition coefficient (Wildman–Crippen LogP) is 3.88. The summed E-state index contributed by atoms with van der Waals surface area (Å²) < 4.78 is 10.5. The number of hydrogen-bond donors (Lipinski definition) is 1. The van der Waals surface area contributed by atoms with Crippen molar-refractivity contribution in [3.05, 3.63) is 71.8 Å². The third-order valence-corrected chi connectivity index (χ3v) is 5.21. The number of carbonyl (C=O) groups is 2. The highest BCUT2D eigenvalue weighted by atomic mass is 16.5. The standard InChI is InChI=1S/C25H28N2O4/c1-17(19-7-8-21-14-23(30-4)12-9-20(21)13-19)25(29)31-16-24(28)26-15-18-5-10-22(11-6-18)27(2)3/h5-14,17H,15-16H2,1-4H3,(H,26,28)/t17-/m0/s1. The fourth-order valence-corrected chi connectivity index (χ4v) is 3.20. The van der Waals surface area contributed by atoms with E-state index in [9.17, 15) is 9.59 Å². The first-order chi connectivity index (χ1) is 14.9. The lowest BCUT2D eigenvalue weighted by Gasteiger charge is -2.14. The smallest absolute Gasteiger partial charge is 0.313 e. The fraction of sp³-hybridized carbons (Fsp3) is 0.280. The fourth-order valence-electron chi connectivity index (χ4n) is 3.20. The van der Waals surface area contributed by atoms with Crippen LogP contribution in [0.15, 0.2) is 60.7 Å². The van der Waals surface area contributed by atoms with Gasteiger partial charge in [0.15, 0.2) is 6.61 Å². The molecule has 31 heavy (non-hydrogen) atoms. The Morgan fingerprint density at radius 3 is 2.32 bits per heavy atom. The van der Waals surface area contributed by atoms with Crippen molar-refractivity contribution in [1.82, 2.24) is 5.32 Å². The van der Waals surface area contributed by atoms with Crippen LogP contribution in [0, 0.1) is 0 Å². The van der Waals surface area contributed by atoms with Crippen molar-refractivity contribution in [3.8, 4) is 5.75 Å². The lowest BCUT2D eigenvalue weighted by atomic mass is 9.98. The van der Waals surface area contributed by atoms with Gasteiger partial charge in [-0.2, -0.15) is 0 Å². The highest BCUT2D eigenvalue weighted by molar-refractivity contribution is 5.87.